The number of hydrogen-bond acceptors (Lipinski definition) is 2. The van der Waals surface area contributed by atoms with Crippen LogP contribution in [-0.4, -0.2) is 6.36 Å². The zero-order chi connectivity index (χ0) is 13.0. The predicted octanol–water partition coefficient (Wildman–Crippen LogP) is 4.18. The van der Waals surface area contributed by atoms with E-state index in [1.165, 1.54) is 24.3 Å². The fourth-order valence-electron chi connectivity index (χ4n) is 1.28. The lowest BCUT2D eigenvalue weighted by atomic mass is 10.3. The van der Waals surface area contributed by atoms with Crippen LogP contribution in [0.1, 0.15) is 0 Å². The molecule has 2 aromatic rings. The monoisotopic (exact) mass is 253 g/mol. The SMILES string of the molecule is FC(F)(F)Oc1ccc(Oc2[c]cccc2)cc1. The summed E-state index contributed by atoms with van der Waals surface area (Å²) in [6.45, 7) is 0. The molecule has 0 spiro atoms. The van der Waals surface area contributed by atoms with Crippen molar-refractivity contribution in [2.24, 2.45) is 0 Å². The molecule has 0 aliphatic rings. The Morgan fingerprint density at radius 3 is 2.11 bits per heavy atom. The van der Waals surface area contributed by atoms with Crippen molar-refractivity contribution in [3.63, 3.8) is 0 Å². The minimum absolute atomic E-state index is 0.285. The maximum Gasteiger partial charge on any atom is 0.573 e. The second-order valence-corrected chi connectivity index (χ2v) is 3.35. The van der Waals surface area contributed by atoms with Crippen molar-refractivity contribution in [2.75, 3.05) is 0 Å². The summed E-state index contributed by atoms with van der Waals surface area (Å²) in [6, 6.07) is 14.9. The van der Waals surface area contributed by atoms with E-state index in [9.17, 15) is 13.2 Å². The molecule has 2 rings (SSSR count). The van der Waals surface area contributed by atoms with Gasteiger partial charge in [-0.3, -0.25) is 0 Å². The van der Waals surface area contributed by atoms with Crippen LogP contribution in [0.2, 0.25) is 0 Å². The Hall–Kier alpha value is -2.17. The van der Waals surface area contributed by atoms with Crippen LogP contribution in [0.4, 0.5) is 13.2 Å². The van der Waals surface area contributed by atoms with E-state index in [-0.39, 0.29) is 5.75 Å². The van der Waals surface area contributed by atoms with E-state index in [1.54, 1.807) is 24.3 Å². The maximum absolute atomic E-state index is 11.9. The van der Waals surface area contributed by atoms with E-state index < -0.39 is 6.36 Å². The van der Waals surface area contributed by atoms with Gasteiger partial charge in [-0.25, -0.2) is 0 Å². The summed E-state index contributed by atoms with van der Waals surface area (Å²) in [7, 11) is 0. The molecule has 0 bridgehead atoms. The average Bonchev–Trinajstić information content (AvgIpc) is 2.31. The molecule has 0 unspecified atom stereocenters. The van der Waals surface area contributed by atoms with Crippen LogP contribution >= 0.6 is 0 Å². The number of alkyl halides is 3. The van der Waals surface area contributed by atoms with E-state index in [4.69, 9.17) is 4.74 Å². The van der Waals surface area contributed by atoms with E-state index in [0.717, 1.165) is 0 Å². The lowest BCUT2D eigenvalue weighted by Gasteiger charge is -2.09. The highest BCUT2D eigenvalue weighted by Crippen LogP contribution is 2.26. The number of halogens is 3. The summed E-state index contributed by atoms with van der Waals surface area (Å²) in [6.07, 6.45) is -4.68. The fourth-order valence-corrected chi connectivity index (χ4v) is 1.28. The highest BCUT2D eigenvalue weighted by Gasteiger charge is 2.30. The second-order valence-electron chi connectivity index (χ2n) is 3.35. The Morgan fingerprint density at radius 1 is 0.889 bits per heavy atom. The Kier molecular flexibility index (Phi) is 3.41. The van der Waals surface area contributed by atoms with Crippen molar-refractivity contribution < 1.29 is 22.6 Å². The van der Waals surface area contributed by atoms with Gasteiger partial charge >= 0.3 is 6.36 Å². The van der Waals surface area contributed by atoms with E-state index in [0.29, 0.717) is 11.5 Å². The van der Waals surface area contributed by atoms with Crippen molar-refractivity contribution in [3.05, 3.63) is 54.6 Å². The Morgan fingerprint density at radius 2 is 1.56 bits per heavy atom. The molecule has 0 aliphatic heterocycles. The van der Waals surface area contributed by atoms with Gasteiger partial charge in [0.15, 0.2) is 0 Å². The molecule has 0 saturated carbocycles. The second kappa shape index (κ2) is 5.00. The van der Waals surface area contributed by atoms with Gasteiger partial charge in [0.1, 0.15) is 17.2 Å². The highest BCUT2D eigenvalue weighted by atomic mass is 19.4. The standard InChI is InChI=1S/C13H8F3O2/c14-13(15,16)18-12-8-6-11(7-9-12)17-10-4-2-1-3-5-10/h1-4,6-9H. The number of benzene rings is 2. The molecular weight excluding hydrogens is 245 g/mol. The molecule has 0 atom stereocenters. The quantitative estimate of drug-likeness (QED) is 0.817. The highest BCUT2D eigenvalue weighted by molar-refractivity contribution is 5.34. The Bertz CT molecular complexity index is 492. The van der Waals surface area contributed by atoms with Crippen molar-refractivity contribution in [3.8, 4) is 17.2 Å². The van der Waals surface area contributed by atoms with Gasteiger partial charge in [0.2, 0.25) is 0 Å². The molecule has 0 aromatic heterocycles. The van der Waals surface area contributed by atoms with Gasteiger partial charge in [-0.1, -0.05) is 18.2 Å². The normalized spacial score (nSPS) is 11.1. The van der Waals surface area contributed by atoms with Crippen LogP contribution in [0.3, 0.4) is 0 Å². The first-order valence-corrected chi connectivity index (χ1v) is 5.03. The number of para-hydroxylation sites is 1. The zero-order valence-electron chi connectivity index (χ0n) is 9.07. The summed E-state index contributed by atoms with van der Waals surface area (Å²) in [4.78, 5) is 0. The minimum Gasteiger partial charge on any atom is -0.457 e. The predicted molar refractivity (Wildman–Crippen MR) is 58.5 cm³/mol. The molecule has 0 amide bonds. The first kappa shape index (κ1) is 12.3. The molecule has 0 heterocycles. The summed E-state index contributed by atoms with van der Waals surface area (Å²) in [5.41, 5.74) is 0. The van der Waals surface area contributed by atoms with Crippen molar-refractivity contribution >= 4 is 0 Å². The summed E-state index contributed by atoms with van der Waals surface area (Å²) < 4.78 is 44.9. The molecule has 5 heteroatoms. The van der Waals surface area contributed by atoms with Crippen LogP contribution < -0.4 is 9.47 Å². The van der Waals surface area contributed by atoms with Gasteiger partial charge in [0, 0.05) is 6.07 Å². The molecule has 0 aliphatic carbocycles. The van der Waals surface area contributed by atoms with Crippen molar-refractivity contribution in [2.45, 2.75) is 6.36 Å². The summed E-state index contributed by atoms with van der Waals surface area (Å²) >= 11 is 0. The lowest BCUT2D eigenvalue weighted by Crippen LogP contribution is -2.16. The fraction of sp³-hybridized carbons (Fsp3) is 0.0769. The van der Waals surface area contributed by atoms with Crippen LogP contribution in [0.15, 0.2) is 48.5 Å². The molecule has 1 radical (unpaired) electrons. The largest absolute Gasteiger partial charge is 0.573 e. The van der Waals surface area contributed by atoms with E-state index >= 15 is 0 Å². The molecule has 2 aromatic carbocycles. The third-order valence-electron chi connectivity index (χ3n) is 1.97. The molecule has 18 heavy (non-hydrogen) atoms. The number of hydrogen-bond donors (Lipinski definition) is 0. The van der Waals surface area contributed by atoms with Crippen LogP contribution in [0.5, 0.6) is 17.2 Å². The van der Waals surface area contributed by atoms with E-state index in [1.807, 2.05) is 0 Å². The van der Waals surface area contributed by atoms with Gasteiger partial charge in [0.25, 0.3) is 0 Å². The first-order valence-electron chi connectivity index (χ1n) is 5.03. The van der Waals surface area contributed by atoms with E-state index in [2.05, 4.69) is 10.8 Å². The Balaban J connectivity index is 2.04. The molecule has 2 nitrogen and oxygen atoms in total. The summed E-state index contributed by atoms with van der Waals surface area (Å²) in [5, 5.41) is 0. The Labute approximate surface area is 102 Å². The number of ether oxygens (including phenoxy) is 2. The topological polar surface area (TPSA) is 18.5 Å². The summed E-state index contributed by atoms with van der Waals surface area (Å²) in [5.74, 6) is 0.612. The molecule has 0 N–H and O–H groups in total. The van der Waals surface area contributed by atoms with Gasteiger partial charge in [-0.15, -0.1) is 13.2 Å². The maximum atomic E-state index is 11.9. The van der Waals surface area contributed by atoms with Gasteiger partial charge < -0.3 is 9.47 Å². The van der Waals surface area contributed by atoms with Crippen molar-refractivity contribution in [1.29, 1.82) is 0 Å². The lowest BCUT2D eigenvalue weighted by molar-refractivity contribution is -0.274. The third kappa shape index (κ3) is 3.69. The first-order chi connectivity index (χ1) is 8.53. The smallest absolute Gasteiger partial charge is 0.457 e. The van der Waals surface area contributed by atoms with Gasteiger partial charge in [-0.05, 0) is 30.3 Å². The van der Waals surface area contributed by atoms with Crippen LogP contribution in [-0.2, 0) is 0 Å². The number of rotatable bonds is 3. The molecular formula is C13H8F3O2. The van der Waals surface area contributed by atoms with Crippen molar-refractivity contribution in [1.82, 2.24) is 0 Å². The third-order valence-corrected chi connectivity index (χ3v) is 1.97. The molecule has 93 valence electrons. The average molecular weight is 253 g/mol. The minimum atomic E-state index is -4.68. The molecule has 0 fully saturated rings. The molecule has 0 saturated heterocycles. The van der Waals surface area contributed by atoms with Crippen LogP contribution in [0.25, 0.3) is 0 Å². The van der Waals surface area contributed by atoms with Crippen LogP contribution in [0, 0.1) is 6.07 Å². The zero-order valence-corrected chi connectivity index (χ0v) is 9.07. The van der Waals surface area contributed by atoms with Gasteiger partial charge in [0.05, 0.1) is 0 Å². The van der Waals surface area contributed by atoms with Gasteiger partial charge in [-0.2, -0.15) is 0 Å².